The molecule has 0 unspecified atom stereocenters. The Morgan fingerprint density at radius 1 is 1.08 bits per heavy atom. The largest absolute Gasteiger partial charge is 0.422 e. The first-order valence-electron chi connectivity index (χ1n) is 7.96. The predicted octanol–water partition coefficient (Wildman–Crippen LogP) is 4.55. The van der Waals surface area contributed by atoms with Gasteiger partial charge in [0.05, 0.1) is 6.04 Å². The molecule has 0 fully saturated rings. The summed E-state index contributed by atoms with van der Waals surface area (Å²) >= 11 is 5.96. The topological polar surface area (TPSA) is 59.3 Å². The number of carbonyl (C=O) groups is 1. The molecule has 4 nitrogen and oxygen atoms in total. The first-order valence-corrected chi connectivity index (χ1v) is 8.34. The van der Waals surface area contributed by atoms with Gasteiger partial charge in [0.2, 0.25) is 0 Å². The second-order valence-electron chi connectivity index (χ2n) is 6.17. The molecule has 0 aliphatic rings. The maximum Gasteiger partial charge on any atom is 0.349 e. The molecule has 0 saturated heterocycles. The Balaban J connectivity index is 1.89. The van der Waals surface area contributed by atoms with E-state index in [0.29, 0.717) is 16.0 Å². The Morgan fingerprint density at radius 3 is 2.56 bits per heavy atom. The minimum atomic E-state index is -0.667. The third-order valence-corrected chi connectivity index (χ3v) is 4.55. The molecule has 0 radical (unpaired) electrons. The molecule has 0 aliphatic heterocycles. The van der Waals surface area contributed by atoms with Gasteiger partial charge >= 0.3 is 5.63 Å². The molecule has 1 amide bonds. The van der Waals surface area contributed by atoms with Crippen molar-refractivity contribution in [2.24, 2.45) is 0 Å². The minimum absolute atomic E-state index is 0.0366. The lowest BCUT2D eigenvalue weighted by atomic mass is 10.0. The third kappa shape index (κ3) is 3.59. The average molecular weight is 356 g/mol. The monoisotopic (exact) mass is 355 g/mol. The van der Waals surface area contributed by atoms with Crippen LogP contribution in [0.15, 0.2) is 51.7 Å². The van der Waals surface area contributed by atoms with E-state index in [0.717, 1.165) is 11.1 Å². The van der Waals surface area contributed by atoms with Gasteiger partial charge in [-0.25, -0.2) is 4.79 Å². The minimum Gasteiger partial charge on any atom is -0.422 e. The van der Waals surface area contributed by atoms with Gasteiger partial charge in [0.1, 0.15) is 11.1 Å². The molecule has 128 valence electrons. The molecular weight excluding hydrogens is 338 g/mol. The number of hydrogen-bond donors (Lipinski definition) is 1. The molecule has 1 atom stereocenters. The first kappa shape index (κ1) is 17.2. The number of nitrogens with one attached hydrogen (secondary N) is 1. The summed E-state index contributed by atoms with van der Waals surface area (Å²) in [5.41, 5.74) is 3.01. The molecule has 0 saturated carbocycles. The molecule has 2 aromatic carbocycles. The normalized spacial score (nSPS) is 12.2. The van der Waals surface area contributed by atoms with Crippen LogP contribution in [0.4, 0.5) is 0 Å². The van der Waals surface area contributed by atoms with Crippen LogP contribution in [0, 0.1) is 13.8 Å². The number of rotatable bonds is 3. The molecule has 1 N–H and O–H groups in total. The Kier molecular flexibility index (Phi) is 4.64. The van der Waals surface area contributed by atoms with E-state index in [1.165, 1.54) is 11.6 Å². The lowest BCUT2D eigenvalue weighted by molar-refractivity contribution is 0.0936. The van der Waals surface area contributed by atoms with Crippen LogP contribution in [0.25, 0.3) is 11.0 Å². The molecule has 0 bridgehead atoms. The fraction of sp³-hybridized carbons (Fsp3) is 0.200. The van der Waals surface area contributed by atoms with Gasteiger partial charge in [0, 0.05) is 10.4 Å². The molecule has 0 aliphatic carbocycles. The Morgan fingerprint density at radius 2 is 1.84 bits per heavy atom. The molecule has 0 spiro atoms. The number of halogens is 1. The van der Waals surface area contributed by atoms with Crippen molar-refractivity contribution >= 4 is 28.5 Å². The molecule has 5 heteroatoms. The molecule has 25 heavy (non-hydrogen) atoms. The number of hydrogen-bond acceptors (Lipinski definition) is 3. The van der Waals surface area contributed by atoms with Crippen LogP contribution in [-0.4, -0.2) is 5.91 Å². The van der Waals surface area contributed by atoms with Gasteiger partial charge in [-0.1, -0.05) is 29.8 Å². The predicted molar refractivity (Wildman–Crippen MR) is 99.3 cm³/mol. The van der Waals surface area contributed by atoms with Crippen molar-refractivity contribution < 1.29 is 9.21 Å². The van der Waals surface area contributed by atoms with Crippen LogP contribution < -0.4 is 10.9 Å². The Labute approximate surface area is 150 Å². The summed E-state index contributed by atoms with van der Waals surface area (Å²) in [7, 11) is 0. The van der Waals surface area contributed by atoms with E-state index in [2.05, 4.69) is 5.32 Å². The lowest BCUT2D eigenvalue weighted by Gasteiger charge is -2.15. The van der Waals surface area contributed by atoms with Crippen molar-refractivity contribution in [1.82, 2.24) is 5.32 Å². The average Bonchev–Trinajstić information content (AvgIpc) is 2.56. The summed E-state index contributed by atoms with van der Waals surface area (Å²) < 4.78 is 5.22. The number of carbonyl (C=O) groups excluding carboxylic acids is 1. The maximum atomic E-state index is 12.5. The van der Waals surface area contributed by atoms with E-state index in [1.54, 1.807) is 18.2 Å². The molecule has 1 heterocycles. The van der Waals surface area contributed by atoms with Gasteiger partial charge < -0.3 is 9.73 Å². The number of benzene rings is 2. The maximum absolute atomic E-state index is 12.5. The van der Waals surface area contributed by atoms with E-state index in [9.17, 15) is 9.59 Å². The zero-order valence-electron chi connectivity index (χ0n) is 14.2. The quantitative estimate of drug-likeness (QED) is 0.701. The fourth-order valence-corrected chi connectivity index (χ4v) is 2.82. The van der Waals surface area contributed by atoms with Crippen molar-refractivity contribution in [2.45, 2.75) is 26.8 Å². The van der Waals surface area contributed by atoms with E-state index >= 15 is 0 Å². The molecule has 3 rings (SSSR count). The van der Waals surface area contributed by atoms with Crippen LogP contribution in [0.3, 0.4) is 0 Å². The van der Waals surface area contributed by atoms with Gasteiger partial charge in [-0.2, -0.15) is 0 Å². The highest BCUT2D eigenvalue weighted by Crippen LogP contribution is 2.20. The SMILES string of the molecule is Cc1ccc([C@H](C)NC(=O)c2cc3cc(Cl)ccc3oc2=O)cc1C. The summed E-state index contributed by atoms with van der Waals surface area (Å²) in [6.45, 7) is 5.93. The summed E-state index contributed by atoms with van der Waals surface area (Å²) in [4.78, 5) is 24.6. The van der Waals surface area contributed by atoms with E-state index in [4.69, 9.17) is 16.0 Å². The smallest absolute Gasteiger partial charge is 0.349 e. The zero-order valence-corrected chi connectivity index (χ0v) is 15.0. The molecule has 1 aromatic heterocycles. The van der Waals surface area contributed by atoms with E-state index in [-0.39, 0.29) is 11.6 Å². The van der Waals surface area contributed by atoms with Crippen LogP contribution >= 0.6 is 11.6 Å². The number of aryl methyl sites for hydroxylation is 2. The highest BCUT2D eigenvalue weighted by atomic mass is 35.5. The summed E-state index contributed by atoms with van der Waals surface area (Å²) in [6.07, 6.45) is 0. The van der Waals surface area contributed by atoms with Crippen LogP contribution in [0.2, 0.25) is 5.02 Å². The van der Waals surface area contributed by atoms with Gasteiger partial charge in [0.25, 0.3) is 5.91 Å². The fourth-order valence-electron chi connectivity index (χ4n) is 2.64. The van der Waals surface area contributed by atoms with Crippen LogP contribution in [-0.2, 0) is 0 Å². The summed E-state index contributed by atoms with van der Waals surface area (Å²) in [6, 6.07) is 12.2. The third-order valence-electron chi connectivity index (χ3n) is 4.32. The van der Waals surface area contributed by atoms with Gasteiger partial charge in [0.15, 0.2) is 0 Å². The van der Waals surface area contributed by atoms with Crippen molar-refractivity contribution in [3.8, 4) is 0 Å². The van der Waals surface area contributed by atoms with Crippen LogP contribution in [0.5, 0.6) is 0 Å². The number of fused-ring (bicyclic) bond motifs is 1. The van der Waals surface area contributed by atoms with Crippen molar-refractivity contribution in [1.29, 1.82) is 0 Å². The lowest BCUT2D eigenvalue weighted by Crippen LogP contribution is -2.30. The van der Waals surface area contributed by atoms with E-state index < -0.39 is 11.5 Å². The number of amides is 1. The van der Waals surface area contributed by atoms with Crippen molar-refractivity contribution in [3.05, 3.63) is 80.2 Å². The molecule has 3 aromatic rings. The summed E-state index contributed by atoms with van der Waals surface area (Å²) in [5.74, 6) is -0.471. The van der Waals surface area contributed by atoms with Gasteiger partial charge in [-0.05, 0) is 61.7 Å². The standard InChI is InChI=1S/C20H18ClNO3/c1-11-4-5-14(8-12(11)2)13(3)22-19(23)17-10-15-9-16(21)6-7-18(15)25-20(17)24/h4-10,13H,1-3H3,(H,22,23)/t13-/m0/s1. The van der Waals surface area contributed by atoms with Crippen molar-refractivity contribution in [3.63, 3.8) is 0 Å². The zero-order chi connectivity index (χ0) is 18.1. The second-order valence-corrected chi connectivity index (χ2v) is 6.60. The Hall–Kier alpha value is -2.59. The highest BCUT2D eigenvalue weighted by molar-refractivity contribution is 6.31. The van der Waals surface area contributed by atoms with Gasteiger partial charge in [-0.15, -0.1) is 0 Å². The molecular formula is C20H18ClNO3. The first-order chi connectivity index (χ1) is 11.8. The van der Waals surface area contributed by atoms with Crippen LogP contribution in [0.1, 0.15) is 40.0 Å². The van der Waals surface area contributed by atoms with Crippen molar-refractivity contribution in [2.75, 3.05) is 0 Å². The summed E-state index contributed by atoms with van der Waals surface area (Å²) in [5, 5.41) is 3.97. The highest BCUT2D eigenvalue weighted by Gasteiger charge is 2.17. The Bertz CT molecular complexity index is 1020. The van der Waals surface area contributed by atoms with Gasteiger partial charge in [-0.3, -0.25) is 4.79 Å². The second kappa shape index (κ2) is 6.73. The van der Waals surface area contributed by atoms with E-state index in [1.807, 2.05) is 39.0 Å².